The van der Waals surface area contributed by atoms with Crippen LogP contribution in [0.15, 0.2) is 0 Å². The maximum atomic E-state index is 12.9. The van der Waals surface area contributed by atoms with Crippen LogP contribution in [0.25, 0.3) is 0 Å². The van der Waals surface area contributed by atoms with Crippen molar-refractivity contribution in [3.05, 3.63) is 0 Å². The number of hydrogen-bond donors (Lipinski definition) is 0. The van der Waals surface area contributed by atoms with Gasteiger partial charge in [-0.1, -0.05) is 48.5 Å². The van der Waals surface area contributed by atoms with Gasteiger partial charge in [0.1, 0.15) is 5.78 Å². The van der Waals surface area contributed by atoms with Gasteiger partial charge >= 0.3 is 0 Å². The lowest BCUT2D eigenvalue weighted by Gasteiger charge is -2.72. The minimum Gasteiger partial charge on any atom is -0.377 e. The van der Waals surface area contributed by atoms with E-state index in [1.807, 2.05) is 0 Å². The zero-order chi connectivity index (χ0) is 22.9. The highest BCUT2D eigenvalue weighted by Gasteiger charge is 2.72. The van der Waals surface area contributed by atoms with Crippen molar-refractivity contribution in [3.63, 3.8) is 0 Å². The summed E-state index contributed by atoms with van der Waals surface area (Å²) in [5.41, 5.74) is 1.83. The zero-order valence-corrected chi connectivity index (χ0v) is 22.0. The Hall–Kier alpha value is -0.370. The molecule has 5 saturated carbocycles. The monoisotopic (exact) mass is 440 g/mol. The molecule has 32 heavy (non-hydrogen) atoms. The fourth-order valence-electron chi connectivity index (χ4n) is 11.8. The Kier molecular flexibility index (Phi) is 4.31. The number of carbonyl (C=O) groups is 1. The van der Waals surface area contributed by atoms with Gasteiger partial charge in [-0.2, -0.15) is 0 Å². The van der Waals surface area contributed by atoms with Crippen molar-refractivity contribution in [2.75, 3.05) is 6.61 Å². The molecule has 180 valence electrons. The summed E-state index contributed by atoms with van der Waals surface area (Å²) in [7, 11) is 0. The van der Waals surface area contributed by atoms with Crippen molar-refractivity contribution in [2.45, 2.75) is 119 Å². The smallest absolute Gasteiger partial charge is 0.138 e. The maximum Gasteiger partial charge on any atom is 0.138 e. The molecule has 0 radical (unpaired) electrons. The quantitative estimate of drug-likeness (QED) is 0.391. The molecule has 1 heterocycles. The summed E-state index contributed by atoms with van der Waals surface area (Å²) in [6.45, 7) is 18.6. The second-order valence-corrected chi connectivity index (χ2v) is 15.4. The van der Waals surface area contributed by atoms with Crippen LogP contribution in [0.1, 0.15) is 113 Å². The summed E-state index contributed by atoms with van der Waals surface area (Å²) in [6.07, 6.45) is 13.3. The van der Waals surface area contributed by atoms with Crippen LogP contribution >= 0.6 is 0 Å². The third kappa shape index (κ3) is 2.35. The van der Waals surface area contributed by atoms with Gasteiger partial charge in [-0.15, -0.1) is 0 Å². The highest BCUT2D eigenvalue weighted by atomic mass is 16.5. The molecule has 0 amide bonds. The molecule has 2 heteroatoms. The van der Waals surface area contributed by atoms with Crippen LogP contribution in [-0.4, -0.2) is 18.5 Å². The second-order valence-electron chi connectivity index (χ2n) is 15.4. The number of carbonyl (C=O) groups excluding carboxylic acids is 1. The van der Waals surface area contributed by atoms with Gasteiger partial charge in [0, 0.05) is 11.8 Å². The molecular weight excluding hydrogens is 392 g/mol. The Balaban J connectivity index is 1.40. The molecular formula is C30H48O2. The minimum absolute atomic E-state index is 0.136. The van der Waals surface area contributed by atoms with Crippen LogP contribution in [0.4, 0.5) is 0 Å². The Morgan fingerprint density at radius 2 is 1.47 bits per heavy atom. The number of ketones is 1. The molecule has 5 aliphatic carbocycles. The van der Waals surface area contributed by atoms with Crippen molar-refractivity contribution in [1.82, 2.24) is 0 Å². The van der Waals surface area contributed by atoms with Gasteiger partial charge in [-0.3, -0.25) is 4.79 Å². The highest BCUT2D eigenvalue weighted by Crippen LogP contribution is 2.77. The number of rotatable bonds is 0. The average Bonchev–Trinajstić information content (AvgIpc) is 3.05. The van der Waals surface area contributed by atoms with Gasteiger partial charge in [-0.05, 0) is 109 Å². The van der Waals surface area contributed by atoms with Crippen LogP contribution < -0.4 is 0 Å². The molecule has 0 spiro atoms. The normalized spacial score (nSPS) is 57.7. The molecule has 4 unspecified atom stereocenters. The van der Waals surface area contributed by atoms with Gasteiger partial charge < -0.3 is 4.74 Å². The number of ether oxygens (including phenoxy) is 1. The number of fused-ring (bicyclic) bond motifs is 5. The lowest BCUT2D eigenvalue weighted by Crippen LogP contribution is -2.67. The summed E-state index contributed by atoms with van der Waals surface area (Å²) in [4.78, 5) is 12.9. The lowest BCUT2D eigenvalue weighted by atomic mass is 9.31. The highest BCUT2D eigenvalue weighted by molar-refractivity contribution is 5.85. The SMILES string of the molecule is CC1(C)C(=O)CC[C@@]2(C)C1CC[C@]1(C)C2CCC2C3[C@@H]4OC[C@@]3(CCC4(C)C)CC[C@]21C. The van der Waals surface area contributed by atoms with E-state index in [-0.39, 0.29) is 5.41 Å². The van der Waals surface area contributed by atoms with E-state index in [2.05, 4.69) is 48.5 Å². The Labute approximate surface area is 197 Å². The van der Waals surface area contributed by atoms with E-state index in [9.17, 15) is 4.79 Å². The van der Waals surface area contributed by atoms with E-state index in [1.54, 1.807) is 0 Å². The van der Waals surface area contributed by atoms with Crippen molar-refractivity contribution in [2.24, 2.45) is 56.2 Å². The average molecular weight is 441 g/mol. The van der Waals surface area contributed by atoms with E-state index in [1.165, 1.54) is 51.4 Å². The van der Waals surface area contributed by atoms with Gasteiger partial charge in [0.05, 0.1) is 12.7 Å². The van der Waals surface area contributed by atoms with Crippen LogP contribution in [0.3, 0.4) is 0 Å². The van der Waals surface area contributed by atoms with Gasteiger partial charge in [0.2, 0.25) is 0 Å². The first-order chi connectivity index (χ1) is 14.8. The summed E-state index contributed by atoms with van der Waals surface area (Å²) in [6, 6.07) is 0. The Morgan fingerprint density at radius 1 is 0.750 bits per heavy atom. The predicted molar refractivity (Wildman–Crippen MR) is 129 cm³/mol. The molecule has 6 rings (SSSR count). The molecule has 1 saturated heterocycles. The Morgan fingerprint density at radius 3 is 2.22 bits per heavy atom. The molecule has 9 atom stereocenters. The molecule has 0 N–H and O–H groups in total. The van der Waals surface area contributed by atoms with Crippen molar-refractivity contribution in [3.8, 4) is 0 Å². The third-order valence-corrected chi connectivity index (χ3v) is 13.9. The molecule has 1 aliphatic heterocycles. The van der Waals surface area contributed by atoms with Crippen LogP contribution in [0, 0.1) is 56.2 Å². The molecule has 2 nitrogen and oxygen atoms in total. The topological polar surface area (TPSA) is 26.3 Å². The maximum absolute atomic E-state index is 12.9. The van der Waals surface area contributed by atoms with Crippen LogP contribution in [-0.2, 0) is 9.53 Å². The van der Waals surface area contributed by atoms with E-state index in [0.717, 1.165) is 37.2 Å². The number of hydrogen-bond acceptors (Lipinski definition) is 2. The largest absolute Gasteiger partial charge is 0.377 e. The van der Waals surface area contributed by atoms with Crippen molar-refractivity contribution >= 4 is 5.78 Å². The Bertz CT molecular complexity index is 842. The van der Waals surface area contributed by atoms with Crippen molar-refractivity contribution < 1.29 is 9.53 Å². The van der Waals surface area contributed by atoms with Gasteiger partial charge in [-0.25, -0.2) is 0 Å². The van der Waals surface area contributed by atoms with Crippen LogP contribution in [0.2, 0.25) is 0 Å². The summed E-state index contributed by atoms with van der Waals surface area (Å²) >= 11 is 0. The molecule has 0 aromatic rings. The molecule has 2 bridgehead atoms. The van der Waals surface area contributed by atoms with E-state index < -0.39 is 0 Å². The van der Waals surface area contributed by atoms with Gasteiger partial charge in [0.25, 0.3) is 0 Å². The first-order valence-corrected chi connectivity index (χ1v) is 14.0. The minimum atomic E-state index is -0.136. The van der Waals surface area contributed by atoms with E-state index in [4.69, 9.17) is 4.74 Å². The second kappa shape index (κ2) is 6.24. The fourth-order valence-corrected chi connectivity index (χ4v) is 11.8. The van der Waals surface area contributed by atoms with Gasteiger partial charge in [0.15, 0.2) is 0 Å². The lowest BCUT2D eigenvalue weighted by molar-refractivity contribution is -0.239. The standard InChI is InChI=1S/C30H48O2/c1-25(2)14-16-30-17-15-28(6)19(23(30)24(25)32-18-30)8-9-21-27(5)12-11-22(31)26(3,4)20(27)10-13-29(21,28)7/h19-21,23-24H,8-18H2,1-7H3/t19?,20?,21?,23?,24-,27-,28+,29+,30+/m0/s1. The van der Waals surface area contributed by atoms with E-state index in [0.29, 0.717) is 44.9 Å². The zero-order valence-electron chi connectivity index (χ0n) is 22.0. The first kappa shape index (κ1) is 22.1. The van der Waals surface area contributed by atoms with E-state index >= 15 is 0 Å². The first-order valence-electron chi connectivity index (χ1n) is 14.0. The van der Waals surface area contributed by atoms with Crippen LogP contribution in [0.5, 0.6) is 0 Å². The molecule has 6 fully saturated rings. The van der Waals surface area contributed by atoms with Crippen molar-refractivity contribution in [1.29, 1.82) is 0 Å². The predicted octanol–water partition coefficient (Wildman–Crippen LogP) is 7.45. The number of Topliss-reactive ketones (excluding diaryl/α,β-unsaturated/α-hetero) is 1. The summed E-state index contributed by atoms with van der Waals surface area (Å²) < 4.78 is 6.70. The third-order valence-electron chi connectivity index (χ3n) is 13.9. The molecule has 0 aromatic carbocycles. The summed E-state index contributed by atoms with van der Waals surface area (Å²) in [5, 5.41) is 0. The summed E-state index contributed by atoms with van der Waals surface area (Å²) in [5.74, 6) is 3.46. The molecule has 6 aliphatic rings. The molecule has 0 aromatic heterocycles. The fraction of sp³-hybridized carbons (Fsp3) is 0.967.